The Labute approximate surface area is 161 Å². The van der Waals surface area contributed by atoms with Gasteiger partial charge < -0.3 is 25.0 Å². The number of nitro groups is 1. The third-order valence-electron chi connectivity index (χ3n) is 3.99. The molecule has 0 radical (unpaired) electrons. The van der Waals surface area contributed by atoms with Crippen LogP contribution in [0.5, 0.6) is 5.75 Å². The molecule has 2 aromatic rings. The summed E-state index contributed by atoms with van der Waals surface area (Å²) in [5.41, 5.74) is 0.723. The largest absolute Gasteiger partial charge is 0.496 e. The molecule has 28 heavy (non-hydrogen) atoms. The first-order valence-corrected chi connectivity index (χ1v) is 8.54. The molecule has 2 atom stereocenters. The van der Waals surface area contributed by atoms with Crippen molar-refractivity contribution in [3.8, 4) is 5.75 Å². The minimum atomic E-state index is -1.38. The number of aliphatic hydroxyl groups excluding tert-OH is 2. The standard InChI is InChI=1S/C19H22N2O7/c1-27-16-10-14(9-15(11-16)21(25)26)18(23)17(22)7-8-20-19(24)28-12-13-5-3-2-4-6-13/h2-6,9-11,17-18,22-23H,7-8,12H2,1H3,(H,20,24). The number of nitrogens with one attached hydrogen (secondary N) is 1. The molecule has 0 aromatic heterocycles. The van der Waals surface area contributed by atoms with E-state index in [4.69, 9.17) is 9.47 Å². The van der Waals surface area contributed by atoms with Crippen LogP contribution >= 0.6 is 0 Å². The summed E-state index contributed by atoms with van der Waals surface area (Å²) in [6, 6.07) is 12.9. The van der Waals surface area contributed by atoms with Gasteiger partial charge in [0.15, 0.2) is 0 Å². The van der Waals surface area contributed by atoms with E-state index in [1.807, 2.05) is 30.3 Å². The van der Waals surface area contributed by atoms with Crippen molar-refractivity contribution < 1.29 is 29.4 Å². The number of rotatable bonds is 9. The van der Waals surface area contributed by atoms with Gasteiger partial charge in [0.2, 0.25) is 0 Å². The molecular formula is C19H22N2O7. The van der Waals surface area contributed by atoms with E-state index in [1.54, 1.807) is 0 Å². The van der Waals surface area contributed by atoms with Gasteiger partial charge in [-0.3, -0.25) is 10.1 Å². The van der Waals surface area contributed by atoms with Crippen molar-refractivity contribution in [2.75, 3.05) is 13.7 Å². The van der Waals surface area contributed by atoms with Crippen LogP contribution in [0, 0.1) is 10.1 Å². The number of benzene rings is 2. The second-order valence-corrected chi connectivity index (χ2v) is 6.01. The summed E-state index contributed by atoms with van der Waals surface area (Å²) < 4.78 is 10.0. The lowest BCUT2D eigenvalue weighted by molar-refractivity contribution is -0.385. The maximum absolute atomic E-state index is 11.7. The third-order valence-corrected chi connectivity index (χ3v) is 3.99. The molecule has 0 saturated carbocycles. The molecule has 0 spiro atoms. The number of carbonyl (C=O) groups is 1. The Morgan fingerprint density at radius 3 is 2.57 bits per heavy atom. The predicted molar refractivity (Wildman–Crippen MR) is 99.9 cm³/mol. The molecule has 1 amide bonds. The molecule has 9 heteroatoms. The second kappa shape index (κ2) is 10.2. The number of nitro benzene ring substituents is 1. The van der Waals surface area contributed by atoms with Gasteiger partial charge in [0.25, 0.3) is 5.69 Å². The van der Waals surface area contributed by atoms with Gasteiger partial charge in [0.1, 0.15) is 18.5 Å². The highest BCUT2D eigenvalue weighted by atomic mass is 16.6. The van der Waals surface area contributed by atoms with Gasteiger partial charge in [-0.1, -0.05) is 30.3 Å². The highest BCUT2D eigenvalue weighted by Crippen LogP contribution is 2.28. The van der Waals surface area contributed by atoms with Crippen molar-refractivity contribution in [1.29, 1.82) is 0 Å². The number of aliphatic hydroxyl groups is 2. The summed E-state index contributed by atoms with van der Waals surface area (Å²) in [5, 5.41) is 33.8. The van der Waals surface area contributed by atoms with E-state index in [0.29, 0.717) is 0 Å². The zero-order valence-corrected chi connectivity index (χ0v) is 15.3. The summed E-state index contributed by atoms with van der Waals surface area (Å²) in [6.45, 7) is 0.170. The first-order chi connectivity index (χ1) is 13.4. The molecule has 0 heterocycles. The smallest absolute Gasteiger partial charge is 0.407 e. The Kier molecular flexibility index (Phi) is 7.73. The quantitative estimate of drug-likeness (QED) is 0.442. The number of carbonyl (C=O) groups excluding carboxylic acids is 1. The molecule has 9 nitrogen and oxygen atoms in total. The molecule has 2 rings (SSSR count). The van der Waals surface area contributed by atoms with E-state index in [1.165, 1.54) is 19.2 Å². The zero-order chi connectivity index (χ0) is 20.5. The molecule has 2 unspecified atom stereocenters. The minimum Gasteiger partial charge on any atom is -0.496 e. The number of amides is 1. The van der Waals surface area contributed by atoms with Crippen LogP contribution in [0.3, 0.4) is 0 Å². The fraction of sp³-hybridized carbons (Fsp3) is 0.316. The first-order valence-electron chi connectivity index (χ1n) is 8.54. The molecule has 0 fully saturated rings. The molecule has 0 saturated heterocycles. The zero-order valence-electron chi connectivity index (χ0n) is 15.3. The Hall–Kier alpha value is -3.17. The Morgan fingerprint density at radius 1 is 1.21 bits per heavy atom. The van der Waals surface area contributed by atoms with Crippen LogP contribution in [0.15, 0.2) is 48.5 Å². The fourth-order valence-corrected chi connectivity index (χ4v) is 2.48. The number of ether oxygens (including phenoxy) is 2. The van der Waals surface area contributed by atoms with E-state index in [2.05, 4.69) is 5.32 Å². The van der Waals surface area contributed by atoms with Crippen molar-refractivity contribution in [2.24, 2.45) is 0 Å². The van der Waals surface area contributed by atoms with Crippen molar-refractivity contribution in [3.05, 3.63) is 69.8 Å². The van der Waals surface area contributed by atoms with E-state index in [0.717, 1.165) is 11.6 Å². The Bertz CT molecular complexity index is 798. The summed E-state index contributed by atoms with van der Waals surface area (Å²) in [7, 11) is 1.34. The molecule has 2 aromatic carbocycles. The van der Waals surface area contributed by atoms with Gasteiger partial charge >= 0.3 is 6.09 Å². The Morgan fingerprint density at radius 2 is 1.93 bits per heavy atom. The van der Waals surface area contributed by atoms with Crippen LogP contribution < -0.4 is 10.1 Å². The molecular weight excluding hydrogens is 368 g/mol. The van der Waals surface area contributed by atoms with Gasteiger partial charge in [0, 0.05) is 12.6 Å². The molecule has 0 bridgehead atoms. The lowest BCUT2D eigenvalue weighted by Crippen LogP contribution is -2.29. The van der Waals surface area contributed by atoms with Crippen LogP contribution in [-0.2, 0) is 11.3 Å². The van der Waals surface area contributed by atoms with Crippen LogP contribution in [-0.4, -0.2) is 41.0 Å². The number of methoxy groups -OCH3 is 1. The maximum Gasteiger partial charge on any atom is 0.407 e. The second-order valence-electron chi connectivity index (χ2n) is 6.01. The molecule has 0 aliphatic heterocycles. The topological polar surface area (TPSA) is 131 Å². The van der Waals surface area contributed by atoms with Crippen LogP contribution in [0.4, 0.5) is 10.5 Å². The third kappa shape index (κ3) is 6.22. The number of nitrogens with zero attached hydrogens (tertiary/aromatic N) is 1. The summed E-state index contributed by atoms with van der Waals surface area (Å²) in [4.78, 5) is 22.0. The van der Waals surface area contributed by atoms with E-state index >= 15 is 0 Å². The summed E-state index contributed by atoms with van der Waals surface area (Å²) in [5.74, 6) is 0.193. The average Bonchev–Trinajstić information content (AvgIpc) is 2.71. The van der Waals surface area contributed by atoms with Crippen LogP contribution in [0.1, 0.15) is 23.7 Å². The highest BCUT2D eigenvalue weighted by molar-refractivity contribution is 5.67. The normalized spacial score (nSPS) is 12.7. The summed E-state index contributed by atoms with van der Waals surface area (Å²) in [6.07, 6.45) is -3.26. The van der Waals surface area contributed by atoms with E-state index in [-0.39, 0.29) is 36.6 Å². The van der Waals surface area contributed by atoms with E-state index < -0.39 is 23.2 Å². The van der Waals surface area contributed by atoms with E-state index in [9.17, 15) is 25.1 Å². The van der Waals surface area contributed by atoms with Crippen molar-refractivity contribution in [3.63, 3.8) is 0 Å². The lowest BCUT2D eigenvalue weighted by atomic mass is 10.0. The molecule has 0 aliphatic rings. The molecule has 0 aliphatic carbocycles. The van der Waals surface area contributed by atoms with Gasteiger partial charge in [-0.05, 0) is 23.6 Å². The van der Waals surface area contributed by atoms with Gasteiger partial charge in [0.05, 0.1) is 24.2 Å². The van der Waals surface area contributed by atoms with Gasteiger partial charge in [-0.15, -0.1) is 0 Å². The monoisotopic (exact) mass is 390 g/mol. The van der Waals surface area contributed by atoms with Gasteiger partial charge in [-0.2, -0.15) is 0 Å². The van der Waals surface area contributed by atoms with Crippen molar-refractivity contribution in [2.45, 2.75) is 25.2 Å². The number of hydrogen-bond acceptors (Lipinski definition) is 7. The number of alkyl carbamates (subject to hydrolysis) is 1. The number of hydrogen-bond donors (Lipinski definition) is 3. The Balaban J connectivity index is 1.83. The minimum absolute atomic E-state index is 0.0204. The predicted octanol–water partition coefficient (Wildman–Crippen LogP) is 2.31. The molecule has 150 valence electrons. The average molecular weight is 390 g/mol. The SMILES string of the molecule is COc1cc(C(O)C(O)CCNC(=O)OCc2ccccc2)cc([N+](=O)[O-])c1. The van der Waals surface area contributed by atoms with Crippen LogP contribution in [0.2, 0.25) is 0 Å². The first kappa shape index (κ1) is 21.1. The molecule has 3 N–H and O–H groups in total. The van der Waals surface area contributed by atoms with Crippen LogP contribution in [0.25, 0.3) is 0 Å². The van der Waals surface area contributed by atoms with Gasteiger partial charge in [-0.25, -0.2) is 4.79 Å². The number of non-ortho nitro benzene ring substituents is 1. The maximum atomic E-state index is 11.7. The van der Waals surface area contributed by atoms with Crippen molar-refractivity contribution >= 4 is 11.8 Å². The fourth-order valence-electron chi connectivity index (χ4n) is 2.48. The highest BCUT2D eigenvalue weighted by Gasteiger charge is 2.22. The summed E-state index contributed by atoms with van der Waals surface area (Å²) >= 11 is 0. The lowest BCUT2D eigenvalue weighted by Gasteiger charge is -2.19. The van der Waals surface area contributed by atoms with Crippen molar-refractivity contribution in [1.82, 2.24) is 5.32 Å².